The maximum Gasteiger partial charge on any atom is 4.00 e. The molecular weight excluding hydrogens is 996 g/mol. The van der Waals surface area contributed by atoms with Gasteiger partial charge in [0.1, 0.15) is 0 Å². The summed E-state index contributed by atoms with van der Waals surface area (Å²) in [5.74, 6) is 0. The van der Waals surface area contributed by atoms with Crippen LogP contribution >= 0.6 is 21.2 Å². The summed E-state index contributed by atoms with van der Waals surface area (Å²) in [5.41, 5.74) is 0. The number of rotatable bonds is 0. The van der Waals surface area contributed by atoms with Crippen LogP contribution in [0, 0.1) is 27.6 Å². The van der Waals surface area contributed by atoms with Gasteiger partial charge < -0.3 is 89.9 Å². The number of halogens is 6. The zero-order valence-electron chi connectivity index (χ0n) is 43.5. The summed E-state index contributed by atoms with van der Waals surface area (Å²) < 4.78 is 0. The third kappa shape index (κ3) is 24.7. The van der Waals surface area contributed by atoms with Gasteiger partial charge in [-0.25, -0.2) is 24.3 Å². The predicted octanol–water partition coefficient (Wildman–Crippen LogP) is 0.116. The summed E-state index contributed by atoms with van der Waals surface area (Å²) in [6.07, 6.45) is 20.0. The molecule has 3 N–H and O–H groups in total. The van der Waals surface area contributed by atoms with Crippen molar-refractivity contribution in [2.24, 2.45) is 0 Å². The van der Waals surface area contributed by atoms with Crippen molar-refractivity contribution in [2.75, 3.05) is 0 Å². The molecule has 2 rings (SSSR count). The first-order valence-corrected chi connectivity index (χ1v) is 25.0. The van der Waals surface area contributed by atoms with Gasteiger partial charge in [0.2, 0.25) is 0 Å². The molecule has 0 radical (unpaired) electrons. The van der Waals surface area contributed by atoms with E-state index in [1.54, 1.807) is 0 Å². The second kappa shape index (κ2) is 31.8. The first kappa shape index (κ1) is 89.4. The Hall–Kier alpha value is 2.82. The first-order chi connectivity index (χ1) is 22.2. The van der Waals surface area contributed by atoms with Gasteiger partial charge in [0.15, 0.2) is 0 Å². The molecular formula is C46H94Cl6N3P3Ti2. The molecule has 0 saturated heterocycles. The molecule has 3 nitrogen and oxygen atoms in total. The molecule has 0 bridgehead atoms. The quantitative estimate of drug-likeness (QED) is 0.176. The Morgan fingerprint density at radius 1 is 0.300 bits per heavy atom. The van der Waals surface area contributed by atoms with Gasteiger partial charge in [0, 0.05) is 0 Å². The monoisotopic (exact) mass is 1090 g/mol. The van der Waals surface area contributed by atoms with Crippen LogP contribution in [0.4, 0.5) is 0 Å². The fourth-order valence-corrected chi connectivity index (χ4v) is 27.8. The molecule has 0 amide bonds. The summed E-state index contributed by atoms with van der Waals surface area (Å²) in [6.45, 7) is 60.1. The summed E-state index contributed by atoms with van der Waals surface area (Å²) in [4.78, 5) is 0. The fourth-order valence-electron chi connectivity index (χ4n) is 9.74. The van der Waals surface area contributed by atoms with Crippen LogP contribution in [-0.4, -0.2) is 46.4 Å². The van der Waals surface area contributed by atoms with Crippen LogP contribution in [0.25, 0.3) is 0 Å². The van der Waals surface area contributed by atoms with Crippen molar-refractivity contribution in [1.82, 2.24) is 0 Å². The van der Waals surface area contributed by atoms with E-state index in [0.717, 1.165) is 12.8 Å². The Morgan fingerprint density at radius 2 is 0.417 bits per heavy atom. The van der Waals surface area contributed by atoms with Gasteiger partial charge in [0.25, 0.3) is 0 Å². The van der Waals surface area contributed by atoms with Crippen LogP contribution < -0.4 is 74.4 Å². The Kier molecular flexibility index (Phi) is 47.4. The van der Waals surface area contributed by atoms with Crippen LogP contribution in [0.15, 0.2) is 36.5 Å². The van der Waals surface area contributed by atoms with Gasteiger partial charge >= 0.3 is 43.4 Å². The largest absolute Gasteiger partial charge is 4.00 e. The van der Waals surface area contributed by atoms with Gasteiger partial charge in [-0.05, 0) is 67.6 Å². The Balaban J connectivity index is -0.0000000561. The average Bonchev–Trinajstić information content (AvgIpc) is 3.61. The van der Waals surface area contributed by atoms with Crippen molar-refractivity contribution >= 4 is 21.2 Å². The Bertz CT molecular complexity index is 1080. The van der Waals surface area contributed by atoms with Crippen molar-refractivity contribution in [1.29, 1.82) is 15.5 Å². The van der Waals surface area contributed by atoms with E-state index in [0.29, 0.717) is 0 Å². The second-order valence-electron chi connectivity index (χ2n) is 23.6. The molecule has 0 fully saturated rings. The summed E-state index contributed by atoms with van der Waals surface area (Å²) >= 11 is 0. The number of nitrogens with one attached hydrogen (secondary N) is 3. The molecule has 0 aromatic carbocycles. The summed E-state index contributed by atoms with van der Waals surface area (Å²) in [5, 5.41) is 27.9. The van der Waals surface area contributed by atoms with Crippen molar-refractivity contribution < 1.29 is 118 Å². The van der Waals surface area contributed by atoms with Gasteiger partial charge in [-0.3, -0.25) is 12.2 Å². The van der Waals surface area contributed by atoms with Crippen molar-refractivity contribution in [2.45, 2.75) is 246 Å². The maximum atomic E-state index is 8.99. The molecule has 2 aliphatic carbocycles. The zero-order chi connectivity index (χ0) is 43.1. The molecule has 0 aliphatic heterocycles. The minimum absolute atomic E-state index is 0. The van der Waals surface area contributed by atoms with Gasteiger partial charge in [-0.1, -0.05) is 187 Å². The van der Waals surface area contributed by atoms with E-state index in [1.165, 1.54) is 0 Å². The van der Waals surface area contributed by atoms with Crippen LogP contribution in [0.5, 0.6) is 0 Å². The van der Waals surface area contributed by atoms with Crippen LogP contribution in [0.3, 0.4) is 0 Å². The topological polar surface area (TPSA) is 71.6 Å². The third-order valence-corrected chi connectivity index (χ3v) is 28.3. The van der Waals surface area contributed by atoms with E-state index in [2.05, 4.69) is 211 Å². The van der Waals surface area contributed by atoms with E-state index in [9.17, 15) is 0 Å². The summed E-state index contributed by atoms with van der Waals surface area (Å²) in [7, 11) is -5.31. The van der Waals surface area contributed by atoms with Gasteiger partial charge in [-0.2, -0.15) is 12.2 Å². The van der Waals surface area contributed by atoms with Crippen LogP contribution in [-0.2, 0) is 43.4 Å². The number of hydrogen-bond donors (Lipinski definition) is 3. The fraction of sp³-hybridized carbons (Fsp3) is 0.826. The summed E-state index contributed by atoms with van der Waals surface area (Å²) in [6, 6.07) is 0. The molecule has 60 heavy (non-hydrogen) atoms. The maximum absolute atomic E-state index is 8.99. The van der Waals surface area contributed by atoms with E-state index in [1.807, 2.05) is 24.3 Å². The Labute approximate surface area is 445 Å². The van der Waals surface area contributed by atoms with Crippen molar-refractivity contribution in [3.8, 4) is 0 Å². The molecule has 358 valence electrons. The van der Waals surface area contributed by atoms with E-state index >= 15 is 0 Å². The third-order valence-electron chi connectivity index (χ3n) is 10.2. The minimum atomic E-state index is -1.77. The molecule has 0 aromatic rings. The minimum Gasteiger partial charge on any atom is -1.00 e. The van der Waals surface area contributed by atoms with E-state index in [4.69, 9.17) is 15.5 Å². The van der Waals surface area contributed by atoms with E-state index in [-0.39, 0.29) is 164 Å². The SMILES string of the molecule is CC(C)(C)P(=N)(C(C)(C)C)C(C)(C)C.CC(C)(C)P(=N)(C(C)(C)C)C(C)(C)C.CC(C)(C)P(=N)(C(C)(C)C)C(C)(C)C.[C-]1=CC=CC1.[C-]1=CC=CC1.[Cl-].[Cl-].[Cl-].[Cl-].[Cl-].[Cl-].[Ti+4].[Ti+4]. The molecule has 0 spiro atoms. The smallest absolute Gasteiger partial charge is 1.00 e. The molecule has 14 heteroatoms. The normalized spacial score (nSPS) is 14.0. The molecule has 0 heterocycles. The molecule has 0 unspecified atom stereocenters. The first-order valence-electron chi connectivity index (χ1n) is 19.6. The Morgan fingerprint density at radius 3 is 0.433 bits per heavy atom. The number of hydrogen-bond acceptors (Lipinski definition) is 3. The van der Waals surface area contributed by atoms with Gasteiger partial charge in [-0.15, -0.1) is 12.8 Å². The average molecular weight is 1090 g/mol. The second-order valence-corrected chi connectivity index (χ2v) is 39.7. The van der Waals surface area contributed by atoms with Crippen LogP contribution in [0.1, 0.15) is 200 Å². The van der Waals surface area contributed by atoms with Crippen molar-refractivity contribution in [3.63, 3.8) is 0 Å². The van der Waals surface area contributed by atoms with Crippen LogP contribution in [0.2, 0.25) is 0 Å². The van der Waals surface area contributed by atoms with Crippen molar-refractivity contribution in [3.05, 3.63) is 48.6 Å². The molecule has 0 aromatic heterocycles. The van der Waals surface area contributed by atoms with E-state index < -0.39 is 21.2 Å². The molecule has 0 atom stereocenters. The zero-order valence-corrected chi connectivity index (χ0v) is 53.8. The molecule has 0 saturated carbocycles. The number of allylic oxidation sites excluding steroid dienone is 8. The standard InChI is InChI=1S/3C12H28NP.2C5H5.6ClH.2Ti/c3*1-10(2,3)14(13,11(4,5)6)12(7,8)9;2*1-2-4-5-3-1;;;;;;;;/h3*13H,1-9H3;2*1-3H,4H2;6*1H;;/q;;;2*-1;;;;;;;2*+4/p-6. The predicted molar refractivity (Wildman–Crippen MR) is 250 cm³/mol. The molecule has 2 aliphatic rings. The van der Waals surface area contributed by atoms with Gasteiger partial charge in [0.05, 0.1) is 0 Å².